The van der Waals surface area contributed by atoms with E-state index in [4.69, 9.17) is 10.5 Å². The number of para-hydroxylation sites is 1. The Morgan fingerprint density at radius 2 is 2.15 bits per heavy atom. The first kappa shape index (κ1) is 16.2. The summed E-state index contributed by atoms with van der Waals surface area (Å²) in [5.41, 5.74) is 9.33. The Labute approximate surface area is 152 Å². The fourth-order valence-electron chi connectivity index (χ4n) is 3.11. The Bertz CT molecular complexity index is 904. The molecule has 2 aromatic carbocycles. The second-order valence-electron chi connectivity index (χ2n) is 6.19. The van der Waals surface area contributed by atoms with E-state index in [0.29, 0.717) is 19.1 Å². The molecular weight excluding hydrogens is 326 g/mol. The van der Waals surface area contributed by atoms with E-state index < -0.39 is 0 Å². The molecule has 3 N–H and O–H groups in total. The van der Waals surface area contributed by atoms with E-state index in [2.05, 4.69) is 27.5 Å². The summed E-state index contributed by atoms with van der Waals surface area (Å²) >= 11 is 0. The lowest BCUT2D eigenvalue weighted by Crippen LogP contribution is -2.37. The molecule has 1 aromatic heterocycles. The van der Waals surface area contributed by atoms with Crippen LogP contribution in [0.1, 0.15) is 23.6 Å². The van der Waals surface area contributed by atoms with Crippen molar-refractivity contribution in [2.45, 2.75) is 19.0 Å². The van der Waals surface area contributed by atoms with Crippen LogP contribution >= 0.6 is 0 Å². The van der Waals surface area contributed by atoms with E-state index in [-0.39, 0.29) is 6.04 Å². The molecule has 1 aliphatic heterocycles. The third kappa shape index (κ3) is 3.54. The van der Waals surface area contributed by atoms with Crippen LogP contribution in [-0.2, 0) is 6.54 Å². The highest BCUT2D eigenvalue weighted by Gasteiger charge is 2.21. The molecule has 0 spiro atoms. The molecule has 132 valence electrons. The lowest BCUT2D eigenvalue weighted by molar-refractivity contribution is 0.262. The molecule has 0 aliphatic carbocycles. The number of ether oxygens (including phenoxy) is 1. The van der Waals surface area contributed by atoms with Crippen LogP contribution < -0.4 is 15.8 Å². The summed E-state index contributed by atoms with van der Waals surface area (Å²) in [6, 6.07) is 18.2. The Balaban J connectivity index is 1.44. The van der Waals surface area contributed by atoms with Gasteiger partial charge in [0, 0.05) is 24.4 Å². The summed E-state index contributed by atoms with van der Waals surface area (Å²) in [5, 5.41) is 7.57. The zero-order chi connectivity index (χ0) is 17.8. The van der Waals surface area contributed by atoms with Crippen molar-refractivity contribution < 1.29 is 4.74 Å². The summed E-state index contributed by atoms with van der Waals surface area (Å²) in [7, 11) is 0. The van der Waals surface area contributed by atoms with Gasteiger partial charge >= 0.3 is 0 Å². The average molecular weight is 347 g/mol. The highest BCUT2D eigenvalue weighted by molar-refractivity contribution is 5.78. The maximum atomic E-state index is 6.12. The van der Waals surface area contributed by atoms with Crippen molar-refractivity contribution in [2.75, 3.05) is 6.61 Å². The zero-order valence-corrected chi connectivity index (χ0v) is 14.4. The van der Waals surface area contributed by atoms with Crippen molar-refractivity contribution >= 4 is 5.96 Å². The quantitative estimate of drug-likeness (QED) is 0.562. The molecule has 6 heteroatoms. The lowest BCUT2D eigenvalue weighted by atomic mass is 10.0. The second-order valence-corrected chi connectivity index (χ2v) is 6.19. The van der Waals surface area contributed by atoms with Gasteiger partial charge in [-0.05, 0) is 29.8 Å². The summed E-state index contributed by atoms with van der Waals surface area (Å²) in [6.07, 6.45) is 4.54. The highest BCUT2D eigenvalue weighted by Crippen LogP contribution is 2.31. The first-order valence-electron chi connectivity index (χ1n) is 8.67. The van der Waals surface area contributed by atoms with Gasteiger partial charge in [-0.15, -0.1) is 0 Å². The van der Waals surface area contributed by atoms with Crippen LogP contribution in [0.3, 0.4) is 0 Å². The van der Waals surface area contributed by atoms with E-state index in [0.717, 1.165) is 29.0 Å². The van der Waals surface area contributed by atoms with Gasteiger partial charge < -0.3 is 15.8 Å². The Morgan fingerprint density at radius 3 is 3.04 bits per heavy atom. The van der Waals surface area contributed by atoms with Crippen LogP contribution in [0.25, 0.3) is 5.69 Å². The molecule has 2 heterocycles. The fourth-order valence-corrected chi connectivity index (χ4v) is 3.11. The van der Waals surface area contributed by atoms with E-state index in [9.17, 15) is 0 Å². The first-order valence-corrected chi connectivity index (χ1v) is 8.67. The normalized spacial score (nSPS) is 16.6. The molecule has 1 aliphatic rings. The Hall–Kier alpha value is -3.28. The zero-order valence-electron chi connectivity index (χ0n) is 14.4. The van der Waals surface area contributed by atoms with Gasteiger partial charge in [-0.25, -0.2) is 9.67 Å². The SMILES string of the molecule is NC(=NCc1cccc(-n2cccn2)c1)NC1CCOc2ccccc21. The van der Waals surface area contributed by atoms with Crippen LogP contribution in [0.2, 0.25) is 0 Å². The largest absolute Gasteiger partial charge is 0.493 e. The van der Waals surface area contributed by atoms with Crippen molar-refractivity contribution in [1.82, 2.24) is 15.1 Å². The van der Waals surface area contributed by atoms with Crippen molar-refractivity contribution in [2.24, 2.45) is 10.7 Å². The van der Waals surface area contributed by atoms with Crippen molar-refractivity contribution in [3.63, 3.8) is 0 Å². The number of aromatic nitrogens is 2. The summed E-state index contributed by atoms with van der Waals surface area (Å²) in [4.78, 5) is 4.50. The summed E-state index contributed by atoms with van der Waals surface area (Å²) in [6.45, 7) is 1.19. The molecule has 0 saturated heterocycles. The van der Waals surface area contributed by atoms with Gasteiger partial charge in [-0.3, -0.25) is 0 Å². The van der Waals surface area contributed by atoms with Gasteiger partial charge in [0.25, 0.3) is 0 Å². The molecular formula is C20H21N5O. The number of hydrogen-bond acceptors (Lipinski definition) is 3. The van der Waals surface area contributed by atoms with Crippen LogP contribution in [0, 0.1) is 0 Å². The van der Waals surface area contributed by atoms with Gasteiger partial charge in [0.2, 0.25) is 0 Å². The number of nitrogens with one attached hydrogen (secondary N) is 1. The number of hydrogen-bond donors (Lipinski definition) is 2. The van der Waals surface area contributed by atoms with E-state index >= 15 is 0 Å². The number of aliphatic imine (C=N–C) groups is 1. The molecule has 0 radical (unpaired) electrons. The molecule has 26 heavy (non-hydrogen) atoms. The number of benzene rings is 2. The Kier molecular flexibility index (Phi) is 4.55. The van der Waals surface area contributed by atoms with Crippen LogP contribution in [0.15, 0.2) is 72.0 Å². The minimum Gasteiger partial charge on any atom is -0.493 e. The topological polar surface area (TPSA) is 77.5 Å². The summed E-state index contributed by atoms with van der Waals surface area (Å²) in [5.74, 6) is 1.35. The van der Waals surface area contributed by atoms with Crippen molar-refractivity contribution in [1.29, 1.82) is 0 Å². The molecule has 4 rings (SSSR count). The van der Waals surface area contributed by atoms with Gasteiger partial charge in [-0.1, -0.05) is 30.3 Å². The van der Waals surface area contributed by atoms with Gasteiger partial charge in [-0.2, -0.15) is 5.10 Å². The van der Waals surface area contributed by atoms with Crippen molar-refractivity contribution in [3.05, 3.63) is 78.1 Å². The minimum atomic E-state index is 0.124. The van der Waals surface area contributed by atoms with Crippen LogP contribution in [0.4, 0.5) is 0 Å². The molecule has 0 bridgehead atoms. The standard InChI is InChI=1S/C20H21N5O/c21-20(24-18-9-12-26-19-8-2-1-7-17(18)19)22-14-15-5-3-6-16(13-15)25-11-4-10-23-25/h1-8,10-11,13,18H,9,12,14H2,(H3,21,22,24). The molecule has 0 saturated carbocycles. The predicted molar refractivity (Wildman–Crippen MR) is 101 cm³/mol. The van der Waals surface area contributed by atoms with E-state index in [1.807, 2.05) is 53.3 Å². The number of guanidine groups is 1. The maximum absolute atomic E-state index is 6.12. The number of nitrogens with two attached hydrogens (primary N) is 1. The Morgan fingerprint density at radius 1 is 1.23 bits per heavy atom. The molecule has 1 unspecified atom stereocenters. The van der Waals surface area contributed by atoms with Gasteiger partial charge in [0.05, 0.1) is 24.9 Å². The predicted octanol–water partition coefficient (Wildman–Crippen LogP) is 2.80. The number of fused-ring (bicyclic) bond motifs is 1. The summed E-state index contributed by atoms with van der Waals surface area (Å²) < 4.78 is 7.51. The maximum Gasteiger partial charge on any atom is 0.189 e. The smallest absolute Gasteiger partial charge is 0.189 e. The van der Waals surface area contributed by atoms with Crippen LogP contribution in [-0.4, -0.2) is 22.3 Å². The third-order valence-corrected chi connectivity index (χ3v) is 4.39. The number of nitrogens with zero attached hydrogens (tertiary/aromatic N) is 3. The molecule has 6 nitrogen and oxygen atoms in total. The molecule has 0 amide bonds. The average Bonchev–Trinajstić information content (AvgIpc) is 3.22. The fraction of sp³-hybridized carbons (Fsp3) is 0.200. The molecule has 1 atom stereocenters. The minimum absolute atomic E-state index is 0.124. The highest BCUT2D eigenvalue weighted by atomic mass is 16.5. The third-order valence-electron chi connectivity index (χ3n) is 4.39. The number of rotatable bonds is 4. The van der Waals surface area contributed by atoms with Gasteiger partial charge in [0.15, 0.2) is 5.96 Å². The van der Waals surface area contributed by atoms with E-state index in [1.165, 1.54) is 0 Å². The lowest BCUT2D eigenvalue weighted by Gasteiger charge is -2.26. The molecule has 3 aromatic rings. The van der Waals surface area contributed by atoms with Crippen LogP contribution in [0.5, 0.6) is 5.75 Å². The monoisotopic (exact) mass is 347 g/mol. The van der Waals surface area contributed by atoms with E-state index in [1.54, 1.807) is 6.20 Å². The second kappa shape index (κ2) is 7.31. The van der Waals surface area contributed by atoms with Gasteiger partial charge in [0.1, 0.15) is 5.75 Å². The first-order chi connectivity index (χ1) is 12.8. The van der Waals surface area contributed by atoms with Crippen molar-refractivity contribution in [3.8, 4) is 11.4 Å². The molecule has 0 fully saturated rings.